The Morgan fingerprint density at radius 3 is 2.90 bits per heavy atom. The summed E-state index contributed by atoms with van der Waals surface area (Å²) in [6.45, 7) is 0. The standard InChI is InChI=1S/C15H20N2O2S2/c1-16-12(8-11-6-7-21(18,19)10-11)9-15-17-13-4-2-3-5-14(13)20-15/h2-5,11-12,16H,6-10H2,1H3. The molecule has 6 heteroatoms. The third-order valence-electron chi connectivity index (χ3n) is 4.11. The lowest BCUT2D eigenvalue weighted by atomic mass is 9.97. The molecule has 21 heavy (non-hydrogen) atoms. The van der Waals surface area contributed by atoms with E-state index in [1.54, 1.807) is 11.3 Å². The summed E-state index contributed by atoms with van der Waals surface area (Å²) in [6, 6.07) is 8.46. The topological polar surface area (TPSA) is 59.1 Å². The first-order valence-electron chi connectivity index (χ1n) is 7.28. The first kappa shape index (κ1) is 14.9. The molecular formula is C15H20N2O2S2. The molecule has 2 aromatic rings. The third kappa shape index (κ3) is 3.62. The van der Waals surface area contributed by atoms with Gasteiger partial charge in [-0.2, -0.15) is 0 Å². The Bertz CT molecular complexity index is 691. The van der Waals surface area contributed by atoms with Crippen LogP contribution >= 0.6 is 11.3 Å². The van der Waals surface area contributed by atoms with Gasteiger partial charge in [-0.25, -0.2) is 13.4 Å². The van der Waals surface area contributed by atoms with E-state index in [-0.39, 0.29) is 0 Å². The highest BCUT2D eigenvalue weighted by atomic mass is 32.2. The Labute approximate surface area is 129 Å². The monoisotopic (exact) mass is 324 g/mol. The molecule has 1 aromatic carbocycles. The van der Waals surface area contributed by atoms with Gasteiger partial charge in [-0.15, -0.1) is 11.3 Å². The number of hydrogen-bond donors (Lipinski definition) is 1. The first-order valence-corrected chi connectivity index (χ1v) is 9.91. The molecule has 114 valence electrons. The van der Waals surface area contributed by atoms with Crippen LogP contribution in [0.5, 0.6) is 0 Å². The summed E-state index contributed by atoms with van der Waals surface area (Å²) in [5.74, 6) is 1.00. The molecule has 3 rings (SSSR count). The number of fused-ring (bicyclic) bond motifs is 1. The van der Waals surface area contributed by atoms with Crippen LogP contribution in [0.25, 0.3) is 10.2 Å². The molecule has 0 amide bonds. The molecule has 0 bridgehead atoms. The predicted octanol–water partition coefficient (Wildman–Crippen LogP) is 2.25. The zero-order chi connectivity index (χ0) is 14.9. The van der Waals surface area contributed by atoms with Gasteiger partial charge in [0, 0.05) is 12.5 Å². The van der Waals surface area contributed by atoms with Crippen molar-refractivity contribution in [1.29, 1.82) is 0 Å². The van der Waals surface area contributed by atoms with Crippen molar-refractivity contribution in [2.24, 2.45) is 5.92 Å². The number of para-hydroxylation sites is 1. The van der Waals surface area contributed by atoms with E-state index >= 15 is 0 Å². The molecule has 1 N–H and O–H groups in total. The SMILES string of the molecule is CNC(Cc1nc2ccccc2s1)CC1CCS(=O)(=O)C1. The van der Waals surface area contributed by atoms with Gasteiger partial charge >= 0.3 is 0 Å². The summed E-state index contributed by atoms with van der Waals surface area (Å²) < 4.78 is 24.3. The minimum atomic E-state index is -2.78. The van der Waals surface area contributed by atoms with Crippen molar-refractivity contribution < 1.29 is 8.42 Å². The lowest BCUT2D eigenvalue weighted by molar-refractivity contribution is 0.424. The number of thiazole rings is 1. The van der Waals surface area contributed by atoms with Crippen LogP contribution in [0.3, 0.4) is 0 Å². The molecule has 0 saturated carbocycles. The summed E-state index contributed by atoms with van der Waals surface area (Å²) in [4.78, 5) is 4.66. The van der Waals surface area contributed by atoms with Crippen LogP contribution in [0, 0.1) is 5.92 Å². The van der Waals surface area contributed by atoms with Crippen LogP contribution in [0.1, 0.15) is 17.8 Å². The Kier molecular flexibility index (Phi) is 4.28. The van der Waals surface area contributed by atoms with E-state index in [1.807, 2.05) is 25.2 Å². The van der Waals surface area contributed by atoms with Crippen molar-refractivity contribution in [3.8, 4) is 0 Å². The molecule has 1 aliphatic heterocycles. The van der Waals surface area contributed by atoms with E-state index in [0.29, 0.717) is 23.5 Å². The van der Waals surface area contributed by atoms with Gasteiger partial charge in [0.1, 0.15) is 0 Å². The van der Waals surface area contributed by atoms with Gasteiger partial charge in [0.15, 0.2) is 9.84 Å². The number of benzene rings is 1. The molecule has 1 fully saturated rings. The number of likely N-dealkylation sites (N-methyl/N-ethyl adjacent to an activating group) is 1. The minimum absolute atomic E-state index is 0.293. The highest BCUT2D eigenvalue weighted by Crippen LogP contribution is 2.26. The first-order chi connectivity index (χ1) is 10.1. The van der Waals surface area contributed by atoms with Gasteiger partial charge in [0.25, 0.3) is 0 Å². The van der Waals surface area contributed by atoms with Crippen molar-refractivity contribution in [3.63, 3.8) is 0 Å². The molecule has 4 nitrogen and oxygen atoms in total. The lowest BCUT2D eigenvalue weighted by Gasteiger charge is -2.18. The number of sulfone groups is 1. The second kappa shape index (κ2) is 6.02. The molecule has 1 saturated heterocycles. The van der Waals surface area contributed by atoms with Crippen LogP contribution in [0.15, 0.2) is 24.3 Å². The maximum atomic E-state index is 11.6. The summed E-state index contributed by atoms with van der Waals surface area (Å²) in [6.07, 6.45) is 2.58. The van der Waals surface area contributed by atoms with Crippen LogP contribution < -0.4 is 5.32 Å². The molecule has 1 aliphatic rings. The average Bonchev–Trinajstić information content (AvgIpc) is 3.00. The van der Waals surface area contributed by atoms with Crippen molar-refractivity contribution in [2.45, 2.75) is 25.3 Å². The molecule has 0 aliphatic carbocycles. The summed E-state index contributed by atoms with van der Waals surface area (Å²) in [5, 5.41) is 4.44. The summed E-state index contributed by atoms with van der Waals surface area (Å²) in [7, 11) is -0.838. The zero-order valence-corrected chi connectivity index (χ0v) is 13.7. The zero-order valence-electron chi connectivity index (χ0n) is 12.1. The number of aromatic nitrogens is 1. The normalized spacial score (nSPS) is 22.6. The van der Waals surface area contributed by atoms with E-state index in [4.69, 9.17) is 0 Å². The fourth-order valence-corrected chi connectivity index (χ4v) is 5.91. The fourth-order valence-electron chi connectivity index (χ4n) is 2.98. The van der Waals surface area contributed by atoms with E-state index < -0.39 is 9.84 Å². The van der Waals surface area contributed by atoms with Crippen LogP contribution in [-0.4, -0.2) is 38.0 Å². The second-order valence-electron chi connectivity index (χ2n) is 5.77. The van der Waals surface area contributed by atoms with Crippen LogP contribution in [0.2, 0.25) is 0 Å². The Morgan fingerprint density at radius 1 is 1.43 bits per heavy atom. The van der Waals surface area contributed by atoms with Crippen LogP contribution in [0.4, 0.5) is 0 Å². The van der Waals surface area contributed by atoms with Gasteiger partial charge in [0.2, 0.25) is 0 Å². The van der Waals surface area contributed by atoms with Crippen LogP contribution in [-0.2, 0) is 16.3 Å². The predicted molar refractivity (Wildman–Crippen MR) is 87.5 cm³/mol. The number of rotatable bonds is 5. The van der Waals surface area contributed by atoms with E-state index in [0.717, 1.165) is 29.8 Å². The highest BCUT2D eigenvalue weighted by molar-refractivity contribution is 7.91. The number of hydrogen-bond acceptors (Lipinski definition) is 5. The van der Waals surface area contributed by atoms with Gasteiger partial charge < -0.3 is 5.32 Å². The van der Waals surface area contributed by atoms with Crippen molar-refractivity contribution in [3.05, 3.63) is 29.3 Å². The Hall–Kier alpha value is -0.980. The Morgan fingerprint density at radius 2 is 2.24 bits per heavy atom. The lowest BCUT2D eigenvalue weighted by Crippen LogP contribution is -2.30. The highest BCUT2D eigenvalue weighted by Gasteiger charge is 2.29. The van der Waals surface area contributed by atoms with E-state index in [1.165, 1.54) is 4.70 Å². The Balaban J connectivity index is 1.66. The second-order valence-corrected chi connectivity index (χ2v) is 9.11. The molecule has 0 spiro atoms. The molecular weight excluding hydrogens is 304 g/mol. The van der Waals surface area contributed by atoms with Crippen molar-refractivity contribution in [2.75, 3.05) is 18.6 Å². The minimum Gasteiger partial charge on any atom is -0.317 e. The van der Waals surface area contributed by atoms with Crippen molar-refractivity contribution in [1.82, 2.24) is 10.3 Å². The fraction of sp³-hybridized carbons (Fsp3) is 0.533. The molecule has 2 unspecified atom stereocenters. The molecule has 1 aromatic heterocycles. The quantitative estimate of drug-likeness (QED) is 0.916. The largest absolute Gasteiger partial charge is 0.317 e. The van der Waals surface area contributed by atoms with Crippen molar-refractivity contribution >= 4 is 31.4 Å². The maximum absolute atomic E-state index is 11.6. The average molecular weight is 324 g/mol. The van der Waals surface area contributed by atoms with E-state index in [9.17, 15) is 8.42 Å². The summed E-state index contributed by atoms with van der Waals surface area (Å²) >= 11 is 1.73. The maximum Gasteiger partial charge on any atom is 0.150 e. The van der Waals surface area contributed by atoms with E-state index in [2.05, 4.69) is 16.4 Å². The van der Waals surface area contributed by atoms with Gasteiger partial charge in [-0.1, -0.05) is 12.1 Å². The third-order valence-corrected chi connectivity index (χ3v) is 7.01. The number of nitrogens with one attached hydrogen (secondary N) is 1. The number of nitrogens with zero attached hydrogens (tertiary/aromatic N) is 1. The van der Waals surface area contributed by atoms with Gasteiger partial charge in [-0.3, -0.25) is 0 Å². The molecule has 0 radical (unpaired) electrons. The summed E-state index contributed by atoms with van der Waals surface area (Å²) in [5.41, 5.74) is 1.05. The smallest absolute Gasteiger partial charge is 0.150 e. The molecule has 2 heterocycles. The van der Waals surface area contributed by atoms with Gasteiger partial charge in [0.05, 0.1) is 26.7 Å². The van der Waals surface area contributed by atoms with Gasteiger partial charge in [-0.05, 0) is 37.9 Å². The molecule has 2 atom stereocenters.